The highest BCUT2D eigenvalue weighted by Gasteiger charge is 2.13. The topological polar surface area (TPSA) is 42.0 Å². The zero-order valence-electron chi connectivity index (χ0n) is 15.6. The summed E-state index contributed by atoms with van der Waals surface area (Å²) in [4.78, 5) is 15.9. The average molecular weight is 336 g/mol. The van der Waals surface area contributed by atoms with Gasteiger partial charge in [0.1, 0.15) is 12.4 Å². The Morgan fingerprint density at radius 3 is 2.50 bits per heavy atom. The lowest BCUT2D eigenvalue weighted by Crippen LogP contribution is -2.32. The minimum atomic E-state index is -0.342. The Labute approximate surface area is 146 Å². The van der Waals surface area contributed by atoms with E-state index in [1.165, 1.54) is 17.7 Å². The van der Waals surface area contributed by atoms with Crippen molar-refractivity contribution in [1.82, 2.24) is 4.90 Å². The molecular weight excluding hydrogens is 304 g/mol. The summed E-state index contributed by atoms with van der Waals surface area (Å²) >= 11 is 0. The van der Waals surface area contributed by atoms with Crippen LogP contribution in [0.25, 0.3) is 0 Å². The molecule has 0 saturated heterocycles. The predicted octanol–water partition coefficient (Wildman–Crippen LogP) is 4.17. The van der Waals surface area contributed by atoms with E-state index in [1.54, 1.807) is 7.05 Å². The fourth-order valence-electron chi connectivity index (χ4n) is 2.33. The molecule has 24 heavy (non-hydrogen) atoms. The monoisotopic (exact) mass is 336 g/mol. The first-order valence-electron chi connectivity index (χ1n) is 8.98. The van der Waals surface area contributed by atoms with Gasteiger partial charge in [0.05, 0.1) is 12.3 Å². The number of hydrogen-bond acceptors (Lipinski definition) is 4. The third kappa shape index (κ3) is 7.21. The highest BCUT2D eigenvalue weighted by atomic mass is 16.6. The molecule has 0 N–H and O–H groups in total. The third-order valence-electron chi connectivity index (χ3n) is 4.02. The predicted molar refractivity (Wildman–Crippen MR) is 99.0 cm³/mol. The molecule has 0 aromatic heterocycles. The molecule has 0 atom stereocenters. The second-order valence-electron chi connectivity index (χ2n) is 5.75. The number of amides is 1. The first-order valence-corrected chi connectivity index (χ1v) is 8.98. The second kappa shape index (κ2) is 11.7. The SMILES string of the molecule is CCCCCOc1cccc(N(C)C(=O)OCCN(CC)CC)c1. The summed E-state index contributed by atoms with van der Waals surface area (Å²) in [5.74, 6) is 0.784. The second-order valence-corrected chi connectivity index (χ2v) is 5.75. The van der Waals surface area contributed by atoms with Crippen molar-refractivity contribution in [2.45, 2.75) is 40.0 Å². The molecule has 0 fully saturated rings. The Balaban J connectivity index is 2.47. The average Bonchev–Trinajstić information content (AvgIpc) is 2.62. The van der Waals surface area contributed by atoms with Crippen LogP contribution in [0.1, 0.15) is 40.0 Å². The molecule has 0 aliphatic heterocycles. The maximum Gasteiger partial charge on any atom is 0.414 e. The molecule has 0 aliphatic rings. The molecule has 1 aromatic carbocycles. The smallest absolute Gasteiger partial charge is 0.414 e. The normalized spacial score (nSPS) is 10.7. The summed E-state index contributed by atoms with van der Waals surface area (Å²) in [6.07, 6.45) is 3.04. The van der Waals surface area contributed by atoms with Gasteiger partial charge in [0.25, 0.3) is 0 Å². The highest BCUT2D eigenvalue weighted by Crippen LogP contribution is 2.21. The van der Waals surface area contributed by atoms with Crippen molar-refractivity contribution in [3.8, 4) is 5.75 Å². The molecule has 0 spiro atoms. The van der Waals surface area contributed by atoms with E-state index in [-0.39, 0.29) is 6.09 Å². The van der Waals surface area contributed by atoms with E-state index in [2.05, 4.69) is 25.7 Å². The largest absolute Gasteiger partial charge is 0.494 e. The van der Waals surface area contributed by atoms with Gasteiger partial charge < -0.3 is 14.4 Å². The molecule has 136 valence electrons. The van der Waals surface area contributed by atoms with E-state index in [0.717, 1.165) is 37.5 Å². The lowest BCUT2D eigenvalue weighted by molar-refractivity contribution is 0.137. The van der Waals surface area contributed by atoms with E-state index in [4.69, 9.17) is 9.47 Å². The Bertz CT molecular complexity index is 475. The minimum absolute atomic E-state index is 0.342. The van der Waals surface area contributed by atoms with Gasteiger partial charge in [-0.2, -0.15) is 0 Å². The number of likely N-dealkylation sites (N-methyl/N-ethyl adjacent to an activating group) is 1. The fourth-order valence-corrected chi connectivity index (χ4v) is 2.33. The van der Waals surface area contributed by atoms with Crippen LogP contribution in [0.2, 0.25) is 0 Å². The van der Waals surface area contributed by atoms with Crippen LogP contribution >= 0.6 is 0 Å². The van der Waals surface area contributed by atoms with Crippen LogP contribution in [0.4, 0.5) is 10.5 Å². The van der Waals surface area contributed by atoms with Gasteiger partial charge in [0.2, 0.25) is 0 Å². The van der Waals surface area contributed by atoms with Crippen LogP contribution in [0, 0.1) is 0 Å². The van der Waals surface area contributed by atoms with Crippen LogP contribution in [0.15, 0.2) is 24.3 Å². The van der Waals surface area contributed by atoms with Crippen molar-refractivity contribution in [1.29, 1.82) is 0 Å². The van der Waals surface area contributed by atoms with Crippen LogP contribution < -0.4 is 9.64 Å². The van der Waals surface area contributed by atoms with E-state index < -0.39 is 0 Å². The number of carbonyl (C=O) groups excluding carboxylic acids is 1. The molecule has 0 radical (unpaired) electrons. The van der Waals surface area contributed by atoms with Crippen molar-refractivity contribution in [3.63, 3.8) is 0 Å². The van der Waals surface area contributed by atoms with Crippen LogP contribution in [0.3, 0.4) is 0 Å². The minimum Gasteiger partial charge on any atom is -0.494 e. The summed E-state index contributed by atoms with van der Waals surface area (Å²) in [7, 11) is 1.72. The molecule has 0 saturated carbocycles. The van der Waals surface area contributed by atoms with Crippen LogP contribution in [0.5, 0.6) is 5.75 Å². The maximum atomic E-state index is 12.2. The number of rotatable bonds is 11. The summed E-state index contributed by atoms with van der Waals surface area (Å²) in [5, 5.41) is 0. The first kappa shape index (κ1) is 20.3. The quantitative estimate of drug-likeness (QED) is 0.569. The van der Waals surface area contributed by atoms with E-state index in [1.807, 2.05) is 24.3 Å². The lowest BCUT2D eigenvalue weighted by Gasteiger charge is -2.21. The number of anilines is 1. The maximum absolute atomic E-state index is 12.2. The summed E-state index contributed by atoms with van der Waals surface area (Å²) in [5.41, 5.74) is 0.774. The van der Waals surface area contributed by atoms with Gasteiger partial charge in [-0.3, -0.25) is 4.90 Å². The summed E-state index contributed by atoms with van der Waals surface area (Å²) < 4.78 is 11.1. The zero-order valence-corrected chi connectivity index (χ0v) is 15.6. The number of unbranched alkanes of at least 4 members (excludes halogenated alkanes) is 2. The molecule has 5 heteroatoms. The highest BCUT2D eigenvalue weighted by molar-refractivity contribution is 5.87. The van der Waals surface area contributed by atoms with Crippen LogP contribution in [-0.2, 0) is 4.74 Å². The van der Waals surface area contributed by atoms with Crippen molar-refractivity contribution in [2.75, 3.05) is 44.8 Å². The number of ether oxygens (including phenoxy) is 2. The molecule has 5 nitrogen and oxygen atoms in total. The van der Waals surface area contributed by atoms with E-state index >= 15 is 0 Å². The standard InChI is InChI=1S/C19H32N2O3/c1-5-8-9-14-23-18-12-10-11-17(16-18)20(4)19(22)24-15-13-21(6-2)7-3/h10-12,16H,5-9,13-15H2,1-4H3. The Morgan fingerprint density at radius 1 is 1.08 bits per heavy atom. The van der Waals surface area contributed by atoms with Gasteiger partial charge >= 0.3 is 6.09 Å². The number of carbonyl (C=O) groups is 1. The van der Waals surface area contributed by atoms with Gasteiger partial charge in [-0.05, 0) is 31.6 Å². The number of benzene rings is 1. The Morgan fingerprint density at radius 2 is 1.83 bits per heavy atom. The molecule has 1 rings (SSSR count). The van der Waals surface area contributed by atoms with E-state index in [0.29, 0.717) is 13.2 Å². The summed E-state index contributed by atoms with van der Waals surface area (Å²) in [6, 6.07) is 7.56. The molecule has 1 amide bonds. The van der Waals surface area contributed by atoms with Crippen LogP contribution in [-0.4, -0.2) is 50.9 Å². The molecular formula is C19H32N2O3. The van der Waals surface area contributed by atoms with Gasteiger partial charge in [-0.25, -0.2) is 4.79 Å². The Hall–Kier alpha value is -1.75. The van der Waals surface area contributed by atoms with Gasteiger partial charge in [0, 0.05) is 19.7 Å². The third-order valence-corrected chi connectivity index (χ3v) is 4.02. The molecule has 0 aliphatic carbocycles. The molecule has 0 bridgehead atoms. The van der Waals surface area contributed by atoms with E-state index in [9.17, 15) is 4.79 Å². The number of hydrogen-bond donors (Lipinski definition) is 0. The molecule has 0 unspecified atom stereocenters. The summed E-state index contributed by atoms with van der Waals surface area (Å²) in [6.45, 7) is 10.2. The first-order chi connectivity index (χ1) is 11.6. The van der Waals surface area contributed by atoms with Gasteiger partial charge in [-0.1, -0.05) is 39.7 Å². The van der Waals surface area contributed by atoms with Gasteiger partial charge in [-0.15, -0.1) is 0 Å². The Kier molecular flexibility index (Phi) is 9.92. The van der Waals surface area contributed by atoms with Crippen molar-refractivity contribution >= 4 is 11.8 Å². The molecule has 1 aromatic rings. The van der Waals surface area contributed by atoms with Gasteiger partial charge in [0.15, 0.2) is 0 Å². The zero-order chi connectivity index (χ0) is 17.8. The van der Waals surface area contributed by atoms with Crippen molar-refractivity contribution in [2.24, 2.45) is 0 Å². The fraction of sp³-hybridized carbons (Fsp3) is 0.632. The van der Waals surface area contributed by atoms with Crippen molar-refractivity contribution in [3.05, 3.63) is 24.3 Å². The molecule has 0 heterocycles. The lowest BCUT2D eigenvalue weighted by atomic mass is 10.2. The number of nitrogens with zero attached hydrogens (tertiary/aromatic N) is 2. The van der Waals surface area contributed by atoms with Crippen molar-refractivity contribution < 1.29 is 14.3 Å².